The summed E-state index contributed by atoms with van der Waals surface area (Å²) >= 11 is 0. The molecule has 0 aromatic rings. The van der Waals surface area contributed by atoms with Crippen LogP contribution in [0.3, 0.4) is 0 Å². The average molecular weight is 697 g/mol. The van der Waals surface area contributed by atoms with Gasteiger partial charge in [-0.05, 0) is 83.5 Å². The van der Waals surface area contributed by atoms with Crippen LogP contribution in [-0.4, -0.2) is 23.1 Å². The van der Waals surface area contributed by atoms with Crippen molar-refractivity contribution in [2.24, 2.45) is 0 Å². The van der Waals surface area contributed by atoms with Crippen LogP contribution < -0.4 is 0 Å². The van der Waals surface area contributed by atoms with Crippen LogP contribution in [0.1, 0.15) is 213 Å². The number of esters is 1. The molecule has 0 fully saturated rings. The summed E-state index contributed by atoms with van der Waals surface area (Å²) in [5.74, 6) is -0.819. The number of rotatable bonds is 38. The quantitative estimate of drug-likeness (QED) is 0.0396. The van der Waals surface area contributed by atoms with Gasteiger partial charge in [-0.15, -0.1) is 0 Å². The summed E-state index contributed by atoms with van der Waals surface area (Å²) in [6.45, 7) is 4.44. The van der Waals surface area contributed by atoms with Crippen LogP contribution in [-0.2, 0) is 14.3 Å². The summed E-state index contributed by atoms with van der Waals surface area (Å²) < 4.78 is 5.91. The first kappa shape index (κ1) is 47.6. The van der Waals surface area contributed by atoms with Gasteiger partial charge in [-0.2, -0.15) is 0 Å². The summed E-state index contributed by atoms with van der Waals surface area (Å²) in [5.41, 5.74) is 0. The summed E-state index contributed by atoms with van der Waals surface area (Å²) in [4.78, 5) is 23.5. The maximum Gasteiger partial charge on any atom is 0.306 e. The molecule has 288 valence electrons. The van der Waals surface area contributed by atoms with Crippen molar-refractivity contribution in [3.05, 3.63) is 60.8 Å². The predicted octanol–water partition coefficient (Wildman–Crippen LogP) is 14.9. The molecule has 0 heterocycles. The molecule has 1 atom stereocenters. The molecule has 0 bridgehead atoms. The van der Waals surface area contributed by atoms with Gasteiger partial charge in [-0.25, -0.2) is 0 Å². The van der Waals surface area contributed by atoms with Crippen LogP contribution in [0.5, 0.6) is 0 Å². The number of carboxylic acids is 1. The van der Waals surface area contributed by atoms with Gasteiger partial charge in [0.1, 0.15) is 6.10 Å². The summed E-state index contributed by atoms with van der Waals surface area (Å²) in [5, 5.41) is 8.97. The molecule has 0 rings (SSSR count). The van der Waals surface area contributed by atoms with E-state index in [1.54, 1.807) is 0 Å². The van der Waals surface area contributed by atoms with Crippen molar-refractivity contribution < 1.29 is 19.4 Å². The SMILES string of the molecule is CC/C=C\C/C=C\C/C=C\C/C=C\C/C=C\CCCCCCCC(=O)OC(CCCCCCCCCCCCCCCC)CCCCC(=O)O. The zero-order valence-corrected chi connectivity index (χ0v) is 32.9. The lowest BCUT2D eigenvalue weighted by Crippen LogP contribution is -2.18. The lowest BCUT2D eigenvalue weighted by molar-refractivity contribution is -0.150. The molecule has 0 saturated heterocycles. The fourth-order valence-corrected chi connectivity index (χ4v) is 6.15. The maximum atomic E-state index is 12.6. The van der Waals surface area contributed by atoms with Crippen molar-refractivity contribution in [3.63, 3.8) is 0 Å². The second-order valence-corrected chi connectivity index (χ2v) is 14.2. The van der Waals surface area contributed by atoms with Crippen LogP contribution in [0, 0.1) is 0 Å². The second kappa shape index (κ2) is 41.1. The van der Waals surface area contributed by atoms with E-state index in [9.17, 15) is 9.59 Å². The number of unbranched alkanes of at least 4 members (excludes halogenated alkanes) is 19. The van der Waals surface area contributed by atoms with Gasteiger partial charge in [-0.1, -0.05) is 177 Å². The highest BCUT2D eigenvalue weighted by Crippen LogP contribution is 2.18. The Bertz CT molecular complexity index is 881. The fourth-order valence-electron chi connectivity index (χ4n) is 6.15. The number of hydrogen-bond donors (Lipinski definition) is 1. The largest absolute Gasteiger partial charge is 0.481 e. The summed E-state index contributed by atoms with van der Waals surface area (Å²) in [7, 11) is 0. The molecule has 0 aliphatic heterocycles. The standard InChI is InChI=1S/C46H80O4/c1-3-5-7-9-11-13-15-17-19-20-21-22-23-24-25-27-29-31-33-35-37-43-46(49)50-44(41-38-39-42-45(47)48)40-36-34-32-30-28-26-18-16-14-12-10-8-6-4-2/h5,7,11,13,17,19,21-22,24-25,44H,3-4,6,8-10,12,14-16,18,20,23,26-43H2,1-2H3,(H,47,48)/b7-5-,13-11-,19-17-,22-21-,25-24-. The first-order valence-corrected chi connectivity index (χ1v) is 21.3. The Morgan fingerprint density at radius 2 is 0.840 bits per heavy atom. The number of allylic oxidation sites excluding steroid dienone is 10. The van der Waals surface area contributed by atoms with Crippen LogP contribution in [0.4, 0.5) is 0 Å². The van der Waals surface area contributed by atoms with E-state index in [-0.39, 0.29) is 18.5 Å². The molecule has 0 spiro atoms. The third-order valence-corrected chi connectivity index (χ3v) is 9.25. The fraction of sp³-hybridized carbons (Fsp3) is 0.739. The van der Waals surface area contributed by atoms with Crippen molar-refractivity contribution in [1.29, 1.82) is 0 Å². The molecule has 0 amide bonds. The number of ether oxygens (including phenoxy) is 1. The van der Waals surface area contributed by atoms with Crippen molar-refractivity contribution in [2.75, 3.05) is 0 Å². The van der Waals surface area contributed by atoms with Gasteiger partial charge in [0, 0.05) is 12.8 Å². The van der Waals surface area contributed by atoms with E-state index in [1.807, 2.05) is 0 Å². The minimum atomic E-state index is -0.747. The molecule has 0 aromatic heterocycles. The van der Waals surface area contributed by atoms with Gasteiger partial charge in [0.2, 0.25) is 0 Å². The van der Waals surface area contributed by atoms with Gasteiger partial charge in [0.05, 0.1) is 0 Å². The van der Waals surface area contributed by atoms with Crippen LogP contribution in [0.15, 0.2) is 60.8 Å². The van der Waals surface area contributed by atoms with E-state index < -0.39 is 5.97 Å². The van der Waals surface area contributed by atoms with Crippen LogP contribution in [0.25, 0.3) is 0 Å². The smallest absolute Gasteiger partial charge is 0.306 e. The molecule has 0 saturated carbocycles. The van der Waals surface area contributed by atoms with Crippen molar-refractivity contribution in [2.45, 2.75) is 219 Å². The summed E-state index contributed by atoms with van der Waals surface area (Å²) in [6, 6.07) is 0. The molecule has 4 heteroatoms. The predicted molar refractivity (Wildman–Crippen MR) is 218 cm³/mol. The zero-order valence-electron chi connectivity index (χ0n) is 32.9. The Morgan fingerprint density at radius 3 is 1.32 bits per heavy atom. The Hall–Kier alpha value is -2.36. The zero-order chi connectivity index (χ0) is 36.4. The van der Waals surface area contributed by atoms with Gasteiger partial charge >= 0.3 is 11.9 Å². The molecule has 4 nitrogen and oxygen atoms in total. The molecule has 1 unspecified atom stereocenters. The molecule has 50 heavy (non-hydrogen) atoms. The van der Waals surface area contributed by atoms with Crippen molar-refractivity contribution in [3.8, 4) is 0 Å². The second-order valence-electron chi connectivity index (χ2n) is 14.2. The average Bonchev–Trinajstić information content (AvgIpc) is 3.10. The number of carbonyl (C=O) groups is 2. The van der Waals surface area contributed by atoms with E-state index in [2.05, 4.69) is 74.6 Å². The maximum absolute atomic E-state index is 12.6. The Kier molecular flexibility index (Phi) is 39.1. The van der Waals surface area contributed by atoms with Crippen LogP contribution >= 0.6 is 0 Å². The van der Waals surface area contributed by atoms with Gasteiger partial charge in [0.25, 0.3) is 0 Å². The highest BCUT2D eigenvalue weighted by Gasteiger charge is 2.14. The van der Waals surface area contributed by atoms with E-state index in [0.29, 0.717) is 12.8 Å². The molecule has 1 N–H and O–H groups in total. The minimum Gasteiger partial charge on any atom is -0.481 e. The highest BCUT2D eigenvalue weighted by molar-refractivity contribution is 5.69. The van der Waals surface area contributed by atoms with Gasteiger partial charge in [-0.3, -0.25) is 9.59 Å². The van der Waals surface area contributed by atoms with Gasteiger partial charge < -0.3 is 9.84 Å². The van der Waals surface area contributed by atoms with Crippen molar-refractivity contribution in [1.82, 2.24) is 0 Å². The number of aliphatic carboxylic acids is 1. The topological polar surface area (TPSA) is 63.6 Å². The van der Waals surface area contributed by atoms with E-state index in [1.165, 1.54) is 96.3 Å². The van der Waals surface area contributed by atoms with Crippen LogP contribution in [0.2, 0.25) is 0 Å². The molecular formula is C46H80O4. The normalized spacial score (nSPS) is 12.8. The summed E-state index contributed by atoms with van der Waals surface area (Å²) in [6.07, 6.45) is 56.7. The number of carbonyl (C=O) groups excluding carboxylic acids is 1. The minimum absolute atomic E-state index is 0.0583. The number of hydrogen-bond acceptors (Lipinski definition) is 3. The van der Waals surface area contributed by atoms with Gasteiger partial charge in [0.15, 0.2) is 0 Å². The third kappa shape index (κ3) is 40.1. The molecule has 0 aliphatic rings. The van der Waals surface area contributed by atoms with E-state index >= 15 is 0 Å². The number of carboxylic acid groups (broad SMARTS) is 1. The lowest BCUT2D eigenvalue weighted by atomic mass is 10.0. The molecule has 0 radical (unpaired) electrons. The Balaban J connectivity index is 3.91. The lowest BCUT2D eigenvalue weighted by Gasteiger charge is -2.18. The molecular weight excluding hydrogens is 617 g/mol. The van der Waals surface area contributed by atoms with E-state index in [0.717, 1.165) is 83.5 Å². The Labute approximate surface area is 310 Å². The molecule has 0 aliphatic carbocycles. The first-order valence-electron chi connectivity index (χ1n) is 21.3. The Morgan fingerprint density at radius 1 is 0.460 bits per heavy atom. The monoisotopic (exact) mass is 697 g/mol. The third-order valence-electron chi connectivity index (χ3n) is 9.25. The van der Waals surface area contributed by atoms with E-state index in [4.69, 9.17) is 9.84 Å². The molecule has 0 aromatic carbocycles. The highest BCUT2D eigenvalue weighted by atomic mass is 16.5. The first-order chi connectivity index (χ1) is 24.6. The van der Waals surface area contributed by atoms with Crippen molar-refractivity contribution >= 4 is 11.9 Å².